The SMILES string of the molecule is CC.Cc1ccc(-c2cccnc2)c(C)c1. The Morgan fingerprint density at radius 2 is 1.75 bits per heavy atom. The molecule has 84 valence electrons. The third kappa shape index (κ3) is 2.93. The molecular weight excluding hydrogens is 194 g/mol. The van der Waals surface area contributed by atoms with Crippen molar-refractivity contribution in [1.82, 2.24) is 4.98 Å². The second-order valence-corrected chi connectivity index (χ2v) is 3.56. The summed E-state index contributed by atoms with van der Waals surface area (Å²) in [6.07, 6.45) is 3.70. The van der Waals surface area contributed by atoms with Crippen LogP contribution in [0.25, 0.3) is 11.1 Å². The Balaban J connectivity index is 0.000000606. The maximum absolute atomic E-state index is 4.12. The molecule has 0 atom stereocenters. The predicted octanol–water partition coefficient (Wildman–Crippen LogP) is 4.39. The molecule has 1 heterocycles. The number of pyridine rings is 1. The first-order valence-electron chi connectivity index (χ1n) is 5.75. The van der Waals surface area contributed by atoms with E-state index in [4.69, 9.17) is 0 Å². The van der Waals surface area contributed by atoms with E-state index in [1.807, 2.05) is 26.1 Å². The first-order chi connectivity index (χ1) is 7.77. The standard InChI is InChI=1S/C13H13N.C2H6/c1-10-5-6-13(11(2)8-10)12-4-3-7-14-9-12;1-2/h3-9H,1-2H3;1-2H3. The van der Waals surface area contributed by atoms with Crippen LogP contribution in [0, 0.1) is 13.8 Å². The van der Waals surface area contributed by atoms with Gasteiger partial charge in [0.05, 0.1) is 0 Å². The van der Waals surface area contributed by atoms with Crippen molar-refractivity contribution in [3.05, 3.63) is 53.9 Å². The predicted molar refractivity (Wildman–Crippen MR) is 70.5 cm³/mol. The lowest BCUT2D eigenvalue weighted by Gasteiger charge is -2.05. The summed E-state index contributed by atoms with van der Waals surface area (Å²) in [5.74, 6) is 0. The molecule has 1 aromatic carbocycles. The molecule has 0 amide bonds. The number of benzene rings is 1. The lowest BCUT2D eigenvalue weighted by molar-refractivity contribution is 1.31. The first kappa shape index (κ1) is 12.4. The third-order valence-corrected chi connectivity index (χ3v) is 2.35. The number of aromatic nitrogens is 1. The summed E-state index contributed by atoms with van der Waals surface area (Å²) >= 11 is 0. The summed E-state index contributed by atoms with van der Waals surface area (Å²) < 4.78 is 0. The van der Waals surface area contributed by atoms with Gasteiger partial charge in [-0.05, 0) is 31.0 Å². The van der Waals surface area contributed by atoms with E-state index < -0.39 is 0 Å². The van der Waals surface area contributed by atoms with Gasteiger partial charge in [0.1, 0.15) is 0 Å². The van der Waals surface area contributed by atoms with Gasteiger partial charge in [0.15, 0.2) is 0 Å². The summed E-state index contributed by atoms with van der Waals surface area (Å²) in [5, 5.41) is 0. The molecule has 0 N–H and O–H groups in total. The molecule has 0 aliphatic heterocycles. The highest BCUT2D eigenvalue weighted by molar-refractivity contribution is 5.66. The molecule has 1 nitrogen and oxygen atoms in total. The van der Waals surface area contributed by atoms with Gasteiger partial charge in [-0.2, -0.15) is 0 Å². The molecule has 0 spiro atoms. The highest BCUT2D eigenvalue weighted by atomic mass is 14.6. The van der Waals surface area contributed by atoms with Crippen LogP contribution in [0.3, 0.4) is 0 Å². The Kier molecular flexibility index (Phi) is 4.71. The van der Waals surface area contributed by atoms with E-state index in [-0.39, 0.29) is 0 Å². The van der Waals surface area contributed by atoms with Crippen molar-refractivity contribution in [3.8, 4) is 11.1 Å². The molecule has 16 heavy (non-hydrogen) atoms. The third-order valence-electron chi connectivity index (χ3n) is 2.35. The van der Waals surface area contributed by atoms with Crippen molar-refractivity contribution in [2.45, 2.75) is 27.7 Å². The first-order valence-corrected chi connectivity index (χ1v) is 5.75. The lowest BCUT2D eigenvalue weighted by atomic mass is 10.0. The highest BCUT2D eigenvalue weighted by Crippen LogP contribution is 2.22. The zero-order valence-electron chi connectivity index (χ0n) is 10.5. The fourth-order valence-corrected chi connectivity index (χ4v) is 1.66. The fourth-order valence-electron chi connectivity index (χ4n) is 1.66. The molecule has 0 aliphatic carbocycles. The van der Waals surface area contributed by atoms with Crippen LogP contribution in [0.2, 0.25) is 0 Å². The van der Waals surface area contributed by atoms with Crippen LogP contribution in [0.5, 0.6) is 0 Å². The van der Waals surface area contributed by atoms with Gasteiger partial charge in [-0.15, -0.1) is 0 Å². The smallest absolute Gasteiger partial charge is 0.0346 e. The molecular formula is C15H19N. The van der Waals surface area contributed by atoms with Gasteiger partial charge in [0.25, 0.3) is 0 Å². The van der Waals surface area contributed by atoms with Gasteiger partial charge in [0, 0.05) is 18.0 Å². The second kappa shape index (κ2) is 6.06. The Morgan fingerprint density at radius 1 is 1.00 bits per heavy atom. The zero-order valence-corrected chi connectivity index (χ0v) is 10.5. The van der Waals surface area contributed by atoms with E-state index in [0.29, 0.717) is 0 Å². The molecule has 0 bridgehead atoms. The van der Waals surface area contributed by atoms with Gasteiger partial charge < -0.3 is 0 Å². The van der Waals surface area contributed by atoms with Gasteiger partial charge >= 0.3 is 0 Å². The monoisotopic (exact) mass is 213 g/mol. The van der Waals surface area contributed by atoms with Crippen LogP contribution in [0.1, 0.15) is 25.0 Å². The second-order valence-electron chi connectivity index (χ2n) is 3.56. The number of nitrogens with zero attached hydrogens (tertiary/aromatic N) is 1. The number of rotatable bonds is 1. The topological polar surface area (TPSA) is 12.9 Å². The minimum atomic E-state index is 1.19. The largest absolute Gasteiger partial charge is 0.264 e. The zero-order chi connectivity index (χ0) is 12.0. The molecule has 0 aliphatic rings. The molecule has 0 unspecified atom stereocenters. The molecule has 0 fully saturated rings. The summed E-state index contributed by atoms with van der Waals surface area (Å²) in [7, 11) is 0. The molecule has 0 saturated heterocycles. The van der Waals surface area contributed by atoms with Crippen molar-refractivity contribution >= 4 is 0 Å². The average molecular weight is 213 g/mol. The van der Waals surface area contributed by atoms with Crippen molar-refractivity contribution in [2.75, 3.05) is 0 Å². The number of aryl methyl sites for hydroxylation is 2. The van der Waals surface area contributed by atoms with Gasteiger partial charge in [-0.25, -0.2) is 0 Å². The van der Waals surface area contributed by atoms with Gasteiger partial charge in [-0.1, -0.05) is 43.7 Å². The van der Waals surface area contributed by atoms with Gasteiger partial charge in [-0.3, -0.25) is 4.98 Å². The molecule has 2 rings (SSSR count). The summed E-state index contributed by atoms with van der Waals surface area (Å²) in [4.78, 5) is 4.12. The summed E-state index contributed by atoms with van der Waals surface area (Å²) in [5.41, 5.74) is 5.06. The minimum Gasteiger partial charge on any atom is -0.264 e. The van der Waals surface area contributed by atoms with E-state index in [2.05, 4.69) is 43.1 Å². The summed E-state index contributed by atoms with van der Waals surface area (Å²) in [6.45, 7) is 8.25. The van der Waals surface area contributed by atoms with E-state index >= 15 is 0 Å². The van der Waals surface area contributed by atoms with Crippen LogP contribution in [0.4, 0.5) is 0 Å². The Bertz CT molecular complexity index is 432. The maximum atomic E-state index is 4.12. The minimum absolute atomic E-state index is 1.19. The van der Waals surface area contributed by atoms with Crippen LogP contribution >= 0.6 is 0 Å². The van der Waals surface area contributed by atoms with E-state index in [9.17, 15) is 0 Å². The summed E-state index contributed by atoms with van der Waals surface area (Å²) in [6, 6.07) is 10.5. The molecule has 2 aromatic rings. The van der Waals surface area contributed by atoms with Crippen molar-refractivity contribution < 1.29 is 0 Å². The Labute approximate surface area is 98.2 Å². The average Bonchev–Trinajstić information content (AvgIpc) is 2.33. The van der Waals surface area contributed by atoms with Crippen LogP contribution in [-0.2, 0) is 0 Å². The van der Waals surface area contributed by atoms with Gasteiger partial charge in [0.2, 0.25) is 0 Å². The van der Waals surface area contributed by atoms with Crippen LogP contribution in [0.15, 0.2) is 42.7 Å². The maximum Gasteiger partial charge on any atom is 0.0346 e. The highest BCUT2D eigenvalue weighted by Gasteiger charge is 2.00. The Morgan fingerprint density at radius 3 is 2.31 bits per heavy atom. The molecule has 0 saturated carbocycles. The Hall–Kier alpha value is -1.63. The fraction of sp³-hybridized carbons (Fsp3) is 0.267. The molecule has 1 heteroatoms. The molecule has 1 aromatic heterocycles. The van der Waals surface area contributed by atoms with E-state index in [1.54, 1.807) is 6.20 Å². The lowest BCUT2D eigenvalue weighted by Crippen LogP contribution is -1.84. The quantitative estimate of drug-likeness (QED) is 0.684. The van der Waals surface area contributed by atoms with Crippen LogP contribution in [-0.4, -0.2) is 4.98 Å². The number of hydrogen-bond donors (Lipinski definition) is 0. The van der Waals surface area contributed by atoms with Crippen molar-refractivity contribution in [1.29, 1.82) is 0 Å². The number of hydrogen-bond acceptors (Lipinski definition) is 1. The molecule has 0 radical (unpaired) electrons. The van der Waals surface area contributed by atoms with Crippen molar-refractivity contribution in [3.63, 3.8) is 0 Å². The van der Waals surface area contributed by atoms with E-state index in [0.717, 1.165) is 0 Å². The van der Waals surface area contributed by atoms with Crippen molar-refractivity contribution in [2.24, 2.45) is 0 Å². The van der Waals surface area contributed by atoms with Crippen LogP contribution < -0.4 is 0 Å². The normalized spacial score (nSPS) is 9.25. The van der Waals surface area contributed by atoms with E-state index in [1.165, 1.54) is 22.3 Å².